The van der Waals surface area contributed by atoms with Crippen molar-refractivity contribution >= 4 is 5.91 Å². The number of hydrogen-bond donors (Lipinski definition) is 2. The van der Waals surface area contributed by atoms with E-state index < -0.39 is 0 Å². The monoisotopic (exact) mass is 370 g/mol. The van der Waals surface area contributed by atoms with E-state index in [1.165, 1.54) is 6.20 Å². The van der Waals surface area contributed by atoms with Gasteiger partial charge in [-0.05, 0) is 19.8 Å². The van der Waals surface area contributed by atoms with Gasteiger partial charge in [-0.1, -0.05) is 12.8 Å². The van der Waals surface area contributed by atoms with Crippen LogP contribution in [0.1, 0.15) is 47.7 Å². The average molecular weight is 370 g/mol. The van der Waals surface area contributed by atoms with Crippen LogP contribution in [0.25, 0.3) is 0 Å². The Balaban J connectivity index is 1.47. The molecule has 2 aliphatic rings. The number of imidazole rings is 1. The molecule has 1 saturated carbocycles. The lowest BCUT2D eigenvalue weighted by molar-refractivity contribution is -0.143. The third-order valence-electron chi connectivity index (χ3n) is 5.51. The van der Waals surface area contributed by atoms with Crippen molar-refractivity contribution in [3.8, 4) is 0 Å². The molecule has 0 bridgehead atoms. The van der Waals surface area contributed by atoms with E-state index in [4.69, 9.17) is 4.74 Å². The van der Waals surface area contributed by atoms with Gasteiger partial charge in [-0.3, -0.25) is 14.7 Å². The van der Waals surface area contributed by atoms with Crippen LogP contribution in [-0.4, -0.2) is 62.1 Å². The van der Waals surface area contributed by atoms with Gasteiger partial charge in [0.05, 0.1) is 31.1 Å². The topological polar surface area (TPSA) is 96.0 Å². The third kappa shape index (κ3) is 4.01. The molecule has 8 nitrogen and oxygen atoms in total. The highest BCUT2D eigenvalue weighted by atomic mass is 16.5. The third-order valence-corrected chi connectivity index (χ3v) is 5.51. The number of carbonyl (C=O) groups excluding carboxylic acids is 1. The van der Waals surface area contributed by atoms with Gasteiger partial charge >= 0.3 is 0 Å². The second-order valence-corrected chi connectivity index (χ2v) is 7.47. The predicted octanol–water partition coefficient (Wildman–Crippen LogP) is 1.45. The second kappa shape index (κ2) is 7.74. The van der Waals surface area contributed by atoms with Crippen LogP contribution in [0.15, 0.2) is 24.8 Å². The second-order valence-electron chi connectivity index (χ2n) is 7.47. The number of rotatable bonds is 4. The molecule has 144 valence electrons. The van der Waals surface area contributed by atoms with Crippen LogP contribution in [0.5, 0.6) is 0 Å². The molecule has 0 radical (unpaired) electrons. The van der Waals surface area contributed by atoms with Gasteiger partial charge in [0.2, 0.25) is 0 Å². The van der Waals surface area contributed by atoms with Crippen molar-refractivity contribution in [2.45, 2.75) is 50.8 Å². The Morgan fingerprint density at radius 1 is 1.37 bits per heavy atom. The first-order valence-corrected chi connectivity index (χ1v) is 9.59. The minimum absolute atomic E-state index is 0.0266. The number of H-pyrrole nitrogens is 1. The van der Waals surface area contributed by atoms with Gasteiger partial charge < -0.3 is 15.0 Å². The molecule has 1 saturated heterocycles. The maximum atomic E-state index is 12.7. The quantitative estimate of drug-likeness (QED) is 0.846. The van der Waals surface area contributed by atoms with Gasteiger partial charge in [0.1, 0.15) is 17.1 Å². The van der Waals surface area contributed by atoms with E-state index in [-0.39, 0.29) is 17.6 Å². The Morgan fingerprint density at radius 3 is 3.07 bits per heavy atom. The number of morpholine rings is 1. The normalized spacial score (nSPS) is 26.2. The molecule has 2 atom stereocenters. The Labute approximate surface area is 158 Å². The number of amides is 1. The first-order valence-electron chi connectivity index (χ1n) is 9.59. The summed E-state index contributed by atoms with van der Waals surface area (Å²) in [6.07, 6.45) is 10.8. The van der Waals surface area contributed by atoms with E-state index in [0.29, 0.717) is 12.3 Å². The Hall–Kier alpha value is -2.32. The van der Waals surface area contributed by atoms with E-state index in [1.807, 2.05) is 13.1 Å². The maximum absolute atomic E-state index is 12.7. The lowest BCUT2D eigenvalue weighted by Crippen LogP contribution is -2.64. The summed E-state index contributed by atoms with van der Waals surface area (Å²) in [4.78, 5) is 30.9. The number of aryl methyl sites for hydroxylation is 1. The molecule has 3 heterocycles. The van der Waals surface area contributed by atoms with Crippen LogP contribution in [0, 0.1) is 6.92 Å². The Morgan fingerprint density at radius 2 is 2.30 bits per heavy atom. The number of hydrogen-bond acceptors (Lipinski definition) is 6. The number of aromatic nitrogens is 4. The highest BCUT2D eigenvalue weighted by Crippen LogP contribution is 2.35. The van der Waals surface area contributed by atoms with Crippen LogP contribution in [0.2, 0.25) is 0 Å². The summed E-state index contributed by atoms with van der Waals surface area (Å²) in [6.45, 7) is 4.94. The molecular formula is C19H26N6O2. The summed E-state index contributed by atoms with van der Waals surface area (Å²) in [6, 6.07) is -0.0266. The molecule has 2 aromatic heterocycles. The molecule has 0 aromatic carbocycles. The SMILES string of the molecule is Cc1cnc(C(=O)N[C@H]2CCCC[C@]23CN(Cc2ncc[nH]2)CCO3)cn1. The highest BCUT2D eigenvalue weighted by Gasteiger charge is 2.46. The molecular weight excluding hydrogens is 344 g/mol. The summed E-state index contributed by atoms with van der Waals surface area (Å²) in [5, 5.41) is 3.18. The summed E-state index contributed by atoms with van der Waals surface area (Å²) >= 11 is 0. The average Bonchev–Trinajstić information content (AvgIpc) is 3.17. The van der Waals surface area contributed by atoms with Crippen molar-refractivity contribution in [3.63, 3.8) is 0 Å². The smallest absolute Gasteiger partial charge is 0.271 e. The van der Waals surface area contributed by atoms with Gasteiger partial charge in [0, 0.05) is 31.7 Å². The van der Waals surface area contributed by atoms with Gasteiger partial charge in [0.15, 0.2) is 0 Å². The standard InChI is InChI=1S/C19H26N6O2/c1-14-10-23-15(11-22-14)18(26)24-16-4-2-3-5-19(16)13-25(8-9-27-19)12-17-20-6-7-21-17/h6-7,10-11,16H,2-5,8-9,12-13H2,1H3,(H,20,21)(H,24,26)/t16-,19-/m0/s1. The Kier molecular flexibility index (Phi) is 5.18. The molecule has 27 heavy (non-hydrogen) atoms. The van der Waals surface area contributed by atoms with E-state index in [1.54, 1.807) is 12.4 Å². The minimum Gasteiger partial charge on any atom is -0.370 e. The zero-order valence-corrected chi connectivity index (χ0v) is 15.6. The van der Waals surface area contributed by atoms with Crippen LogP contribution in [0.4, 0.5) is 0 Å². The minimum atomic E-state index is -0.350. The van der Waals surface area contributed by atoms with E-state index in [9.17, 15) is 4.79 Å². The summed E-state index contributed by atoms with van der Waals surface area (Å²) in [5.41, 5.74) is 0.797. The van der Waals surface area contributed by atoms with Crippen LogP contribution >= 0.6 is 0 Å². The number of carbonyl (C=O) groups is 1. The van der Waals surface area contributed by atoms with E-state index in [0.717, 1.165) is 56.8 Å². The molecule has 1 aliphatic carbocycles. The molecule has 2 aromatic rings. The highest BCUT2D eigenvalue weighted by molar-refractivity contribution is 5.92. The summed E-state index contributed by atoms with van der Waals surface area (Å²) < 4.78 is 6.30. The van der Waals surface area contributed by atoms with Crippen molar-refractivity contribution in [3.05, 3.63) is 42.0 Å². The predicted molar refractivity (Wildman–Crippen MR) is 99.0 cm³/mol. The first kappa shape index (κ1) is 18.1. The van der Waals surface area contributed by atoms with Crippen molar-refractivity contribution in [1.29, 1.82) is 0 Å². The maximum Gasteiger partial charge on any atom is 0.271 e. The fourth-order valence-electron chi connectivity index (χ4n) is 4.13. The van der Waals surface area contributed by atoms with Crippen LogP contribution < -0.4 is 5.32 Å². The van der Waals surface area contributed by atoms with Crippen molar-refractivity contribution in [1.82, 2.24) is 30.2 Å². The number of aromatic amines is 1. The molecule has 4 rings (SSSR count). The Bertz CT molecular complexity index is 759. The summed E-state index contributed by atoms with van der Waals surface area (Å²) in [5.74, 6) is 0.777. The van der Waals surface area contributed by atoms with Crippen molar-refractivity contribution in [2.75, 3.05) is 19.7 Å². The van der Waals surface area contributed by atoms with Crippen LogP contribution in [0.3, 0.4) is 0 Å². The molecule has 2 fully saturated rings. The van der Waals surface area contributed by atoms with Crippen LogP contribution in [-0.2, 0) is 11.3 Å². The van der Waals surface area contributed by atoms with Gasteiger partial charge in [-0.15, -0.1) is 0 Å². The lowest BCUT2D eigenvalue weighted by atomic mass is 9.78. The van der Waals surface area contributed by atoms with E-state index >= 15 is 0 Å². The van der Waals surface area contributed by atoms with Gasteiger partial charge in [0.25, 0.3) is 5.91 Å². The molecule has 1 spiro atoms. The number of nitrogens with zero attached hydrogens (tertiary/aromatic N) is 4. The van der Waals surface area contributed by atoms with E-state index in [2.05, 4.69) is 30.2 Å². The van der Waals surface area contributed by atoms with Crippen molar-refractivity contribution < 1.29 is 9.53 Å². The molecule has 8 heteroatoms. The fraction of sp³-hybridized carbons (Fsp3) is 0.579. The lowest BCUT2D eigenvalue weighted by Gasteiger charge is -2.49. The fourth-order valence-corrected chi connectivity index (χ4v) is 4.13. The van der Waals surface area contributed by atoms with Gasteiger partial charge in [-0.2, -0.15) is 0 Å². The number of ether oxygens (including phenoxy) is 1. The number of nitrogens with one attached hydrogen (secondary N) is 2. The molecule has 2 N–H and O–H groups in total. The zero-order chi connectivity index (χ0) is 18.7. The zero-order valence-electron chi connectivity index (χ0n) is 15.6. The molecule has 0 unspecified atom stereocenters. The van der Waals surface area contributed by atoms with Gasteiger partial charge in [-0.25, -0.2) is 9.97 Å². The first-order chi connectivity index (χ1) is 13.1. The summed E-state index contributed by atoms with van der Waals surface area (Å²) in [7, 11) is 0. The molecule has 1 aliphatic heterocycles. The van der Waals surface area contributed by atoms with Crippen molar-refractivity contribution in [2.24, 2.45) is 0 Å². The molecule has 1 amide bonds. The largest absolute Gasteiger partial charge is 0.370 e.